The Hall–Kier alpha value is -2.15. The molecule has 0 atom stereocenters. The molecule has 2 rings (SSSR count). The summed E-state index contributed by atoms with van der Waals surface area (Å²) in [6.45, 7) is 0. The van der Waals surface area contributed by atoms with Gasteiger partial charge in [-0.25, -0.2) is 0 Å². The van der Waals surface area contributed by atoms with Crippen LogP contribution in [-0.2, 0) is 0 Å². The molecule has 0 spiro atoms. The van der Waals surface area contributed by atoms with Gasteiger partial charge in [0.2, 0.25) is 5.82 Å². The van der Waals surface area contributed by atoms with Crippen molar-refractivity contribution in [2.75, 3.05) is 12.4 Å². The van der Waals surface area contributed by atoms with Crippen LogP contribution in [0.2, 0.25) is 0 Å². The first-order valence-corrected chi connectivity index (χ1v) is 6.26. The van der Waals surface area contributed by atoms with Gasteiger partial charge in [0.15, 0.2) is 0 Å². The van der Waals surface area contributed by atoms with Crippen LogP contribution in [0.15, 0.2) is 24.4 Å². The Morgan fingerprint density at radius 1 is 1.58 bits per heavy atom. The van der Waals surface area contributed by atoms with Crippen LogP contribution in [0.3, 0.4) is 0 Å². The van der Waals surface area contributed by atoms with Gasteiger partial charge in [0.25, 0.3) is 0 Å². The molecule has 1 aromatic heterocycles. The summed E-state index contributed by atoms with van der Waals surface area (Å²) in [6.07, 6.45) is 1.53. The second-order valence-electron chi connectivity index (χ2n) is 3.40. The Bertz CT molecular complexity index is 631. The Morgan fingerprint density at radius 2 is 2.42 bits per heavy atom. The van der Waals surface area contributed by atoms with Crippen molar-refractivity contribution >= 4 is 33.9 Å². The molecule has 1 aromatic carbocycles. The zero-order valence-electron chi connectivity index (χ0n) is 9.88. The molecule has 96 valence electrons. The molecular weight excluding hydrogens is 359 g/mol. The Morgan fingerprint density at radius 3 is 3.00 bits per heavy atom. The van der Waals surface area contributed by atoms with Gasteiger partial charge in [-0.05, 0) is 46.0 Å². The maximum Gasteiger partial charge on any atom is 0.216 e. The fourth-order valence-electron chi connectivity index (χ4n) is 1.33. The summed E-state index contributed by atoms with van der Waals surface area (Å²) < 4.78 is 6.14. The largest absolute Gasteiger partial charge is 0.496 e. The van der Waals surface area contributed by atoms with Gasteiger partial charge in [0.05, 0.1) is 10.7 Å². The number of hydrogen-bond donors (Lipinski definition) is 2. The number of aromatic amines is 1. The molecule has 0 amide bonds. The van der Waals surface area contributed by atoms with Crippen molar-refractivity contribution in [1.82, 2.24) is 20.6 Å². The highest BCUT2D eigenvalue weighted by atomic mass is 127. The predicted molar refractivity (Wildman–Crippen MR) is 77.1 cm³/mol. The van der Waals surface area contributed by atoms with Crippen molar-refractivity contribution in [1.29, 1.82) is 5.26 Å². The van der Waals surface area contributed by atoms with E-state index in [0.717, 1.165) is 15.0 Å². The number of H-pyrrole nitrogens is 1. The first kappa shape index (κ1) is 13.3. The number of ether oxygens (including phenoxy) is 1. The van der Waals surface area contributed by atoms with Gasteiger partial charge < -0.3 is 10.1 Å². The predicted octanol–water partition coefficient (Wildman–Crippen LogP) is 1.79. The number of methoxy groups -OCH3 is 1. The lowest BCUT2D eigenvalue weighted by atomic mass is 10.3. The van der Waals surface area contributed by atoms with Crippen molar-refractivity contribution in [3.8, 4) is 11.8 Å². The van der Waals surface area contributed by atoms with Crippen molar-refractivity contribution in [2.45, 2.75) is 0 Å². The van der Waals surface area contributed by atoms with Crippen LogP contribution in [0, 0.1) is 14.9 Å². The molecule has 0 saturated carbocycles. The number of nitrogens with zero attached hydrogens (tertiary/aromatic N) is 4. The van der Waals surface area contributed by atoms with Crippen molar-refractivity contribution in [2.24, 2.45) is 0 Å². The first-order valence-electron chi connectivity index (χ1n) is 5.18. The highest BCUT2D eigenvalue weighted by Crippen LogP contribution is 2.24. The normalized spacial score (nSPS) is 10.9. The van der Waals surface area contributed by atoms with Gasteiger partial charge in [-0.1, -0.05) is 0 Å². The van der Waals surface area contributed by atoms with Crippen LogP contribution in [0.4, 0.5) is 5.69 Å². The smallest absolute Gasteiger partial charge is 0.216 e. The minimum Gasteiger partial charge on any atom is -0.496 e. The van der Waals surface area contributed by atoms with Crippen molar-refractivity contribution in [3.63, 3.8) is 0 Å². The molecule has 1 heterocycles. The van der Waals surface area contributed by atoms with Crippen LogP contribution >= 0.6 is 22.6 Å². The van der Waals surface area contributed by atoms with Crippen LogP contribution in [0.1, 0.15) is 5.82 Å². The number of anilines is 1. The molecule has 19 heavy (non-hydrogen) atoms. The number of nitriles is 1. The molecule has 0 saturated heterocycles. The average molecular weight is 368 g/mol. The van der Waals surface area contributed by atoms with Gasteiger partial charge in [-0.3, -0.25) is 0 Å². The number of hydrogen-bond acceptors (Lipinski definition) is 6. The topological polar surface area (TPSA) is 99.5 Å². The molecule has 0 aliphatic heterocycles. The van der Waals surface area contributed by atoms with E-state index in [0.29, 0.717) is 5.57 Å². The molecule has 0 fully saturated rings. The van der Waals surface area contributed by atoms with E-state index in [1.54, 1.807) is 7.11 Å². The van der Waals surface area contributed by atoms with E-state index < -0.39 is 0 Å². The lowest BCUT2D eigenvalue weighted by Crippen LogP contribution is -1.94. The monoisotopic (exact) mass is 368 g/mol. The first-order chi connectivity index (χ1) is 9.24. The lowest BCUT2D eigenvalue weighted by molar-refractivity contribution is 0.412. The minimum absolute atomic E-state index is 0.248. The van der Waals surface area contributed by atoms with Crippen LogP contribution < -0.4 is 10.1 Å². The molecule has 0 unspecified atom stereocenters. The molecule has 2 N–H and O–H groups in total. The van der Waals surface area contributed by atoms with Gasteiger partial charge >= 0.3 is 0 Å². The van der Waals surface area contributed by atoms with Gasteiger partial charge in [0, 0.05) is 11.9 Å². The zero-order chi connectivity index (χ0) is 13.7. The lowest BCUT2D eigenvalue weighted by Gasteiger charge is -2.06. The fraction of sp³-hybridized carbons (Fsp3) is 0.0909. The van der Waals surface area contributed by atoms with E-state index in [1.807, 2.05) is 24.3 Å². The summed E-state index contributed by atoms with van der Waals surface area (Å²) in [5.41, 5.74) is 1.13. The van der Waals surface area contributed by atoms with Crippen LogP contribution in [-0.4, -0.2) is 27.7 Å². The number of rotatable bonds is 4. The second-order valence-corrected chi connectivity index (χ2v) is 4.56. The number of halogens is 1. The average Bonchev–Trinajstić information content (AvgIpc) is 2.94. The molecule has 0 bridgehead atoms. The summed E-state index contributed by atoms with van der Waals surface area (Å²) in [5.74, 6) is 1.05. The van der Waals surface area contributed by atoms with Gasteiger partial charge in [-0.15, -0.1) is 10.2 Å². The molecule has 0 aliphatic rings. The van der Waals surface area contributed by atoms with Crippen LogP contribution in [0.25, 0.3) is 5.57 Å². The molecule has 2 aromatic rings. The van der Waals surface area contributed by atoms with Gasteiger partial charge in [0.1, 0.15) is 17.4 Å². The summed E-state index contributed by atoms with van der Waals surface area (Å²) >= 11 is 2.17. The number of nitrogens with one attached hydrogen (secondary N) is 2. The highest BCUT2D eigenvalue weighted by molar-refractivity contribution is 14.1. The van der Waals surface area contributed by atoms with E-state index in [9.17, 15) is 0 Å². The van der Waals surface area contributed by atoms with Crippen LogP contribution in [0.5, 0.6) is 5.75 Å². The number of allylic oxidation sites excluding steroid dienone is 1. The minimum atomic E-state index is 0.248. The standard InChI is InChI=1S/C11H9IN6O/c1-19-10-3-2-8(4-9(10)12)14-6-7(5-13)11-15-17-18-16-11/h2-4,6,14H,1H3,(H,15,16,17,18). The maximum absolute atomic E-state index is 9.01. The van der Waals surface area contributed by atoms with Crippen molar-refractivity contribution < 1.29 is 4.74 Å². The summed E-state index contributed by atoms with van der Waals surface area (Å²) in [7, 11) is 1.62. The van der Waals surface area contributed by atoms with Gasteiger partial charge in [-0.2, -0.15) is 10.5 Å². The molecular formula is C11H9IN6O. The molecule has 0 aliphatic carbocycles. The third-order valence-corrected chi connectivity index (χ3v) is 3.08. The number of tetrazole rings is 1. The van der Waals surface area contributed by atoms with E-state index in [2.05, 4.69) is 48.5 Å². The van der Waals surface area contributed by atoms with E-state index in [1.165, 1.54) is 6.20 Å². The van der Waals surface area contributed by atoms with E-state index in [-0.39, 0.29) is 5.82 Å². The molecule has 8 heteroatoms. The van der Waals surface area contributed by atoms with E-state index >= 15 is 0 Å². The third-order valence-electron chi connectivity index (χ3n) is 2.24. The SMILES string of the molecule is COc1ccc(NC=C(C#N)c2nn[nH]n2)cc1I. The zero-order valence-corrected chi connectivity index (χ0v) is 12.0. The summed E-state index contributed by atoms with van der Waals surface area (Å²) in [6, 6.07) is 7.60. The van der Waals surface area contributed by atoms with Crippen molar-refractivity contribution in [3.05, 3.63) is 33.8 Å². The fourth-order valence-corrected chi connectivity index (χ4v) is 2.07. The van der Waals surface area contributed by atoms with E-state index in [4.69, 9.17) is 10.00 Å². The Balaban J connectivity index is 2.18. The maximum atomic E-state index is 9.01. The third kappa shape index (κ3) is 3.19. The Labute approximate surface area is 122 Å². The highest BCUT2D eigenvalue weighted by Gasteiger charge is 2.06. The molecule has 7 nitrogen and oxygen atoms in total. The second kappa shape index (κ2) is 6.14. The summed E-state index contributed by atoms with van der Waals surface area (Å²) in [5, 5.41) is 25.2. The molecule has 0 radical (unpaired) electrons. The Kier molecular flexibility index (Phi) is 4.30. The summed E-state index contributed by atoms with van der Waals surface area (Å²) in [4.78, 5) is 0. The number of benzene rings is 1. The quantitative estimate of drug-likeness (QED) is 0.631. The number of aromatic nitrogens is 4.